The molecule has 41 heavy (non-hydrogen) atoms. The van der Waals surface area contributed by atoms with Crippen LogP contribution in [0.5, 0.6) is 11.5 Å². The lowest BCUT2D eigenvalue weighted by Crippen LogP contribution is -2.21. The summed E-state index contributed by atoms with van der Waals surface area (Å²) in [6.07, 6.45) is 8.61. The third-order valence-electron chi connectivity index (χ3n) is 6.91. The molecule has 0 spiro atoms. The summed E-state index contributed by atoms with van der Waals surface area (Å²) in [6, 6.07) is 6.61. The first-order chi connectivity index (χ1) is 19.7. The Morgan fingerprint density at radius 2 is 1.88 bits per heavy atom. The fourth-order valence-electron chi connectivity index (χ4n) is 4.77. The van der Waals surface area contributed by atoms with Crippen LogP contribution in [0, 0.1) is 5.82 Å². The molecule has 0 aliphatic heterocycles. The maximum atomic E-state index is 15.4. The molecule has 212 valence electrons. The zero-order valence-electron chi connectivity index (χ0n) is 22.9. The van der Waals surface area contributed by atoms with Crippen LogP contribution in [0.4, 0.5) is 16.2 Å². The molecular weight excluding hydrogens is 529 g/mol. The quantitative estimate of drug-likeness (QED) is 0.225. The fourth-order valence-corrected chi connectivity index (χ4v) is 4.77. The van der Waals surface area contributed by atoms with Crippen LogP contribution in [0.25, 0.3) is 23.1 Å². The van der Waals surface area contributed by atoms with E-state index in [0.29, 0.717) is 34.6 Å². The summed E-state index contributed by atoms with van der Waals surface area (Å²) in [6.45, 7) is 1.80. The molecule has 5 rings (SSSR count). The van der Waals surface area contributed by atoms with Crippen LogP contribution in [0.3, 0.4) is 0 Å². The number of fused-ring (bicyclic) bond motifs is 1. The predicted molar refractivity (Wildman–Crippen MR) is 155 cm³/mol. The Morgan fingerprint density at radius 1 is 1.12 bits per heavy atom. The van der Waals surface area contributed by atoms with Gasteiger partial charge in [0.2, 0.25) is 11.4 Å². The second kappa shape index (κ2) is 11.3. The molecule has 0 radical (unpaired) electrons. The van der Waals surface area contributed by atoms with E-state index < -0.39 is 17.2 Å². The van der Waals surface area contributed by atoms with Crippen LogP contribution in [0.1, 0.15) is 58.4 Å². The second-order valence-electron chi connectivity index (χ2n) is 9.69. The van der Waals surface area contributed by atoms with Crippen LogP contribution >= 0.6 is 0 Å². The van der Waals surface area contributed by atoms with Crippen LogP contribution in [0.15, 0.2) is 41.5 Å². The summed E-state index contributed by atoms with van der Waals surface area (Å²) in [5.41, 5.74) is 13.9. The molecule has 2 aromatic carbocycles. The van der Waals surface area contributed by atoms with Gasteiger partial charge >= 0.3 is 5.97 Å². The van der Waals surface area contributed by atoms with Gasteiger partial charge in [-0.15, -0.1) is 0 Å². The average molecular weight is 560 g/mol. The largest absolute Gasteiger partial charge is 0.493 e. The number of hydrogen-bond donors (Lipinski definition) is 2. The van der Waals surface area contributed by atoms with Gasteiger partial charge in [-0.1, -0.05) is 12.2 Å². The fraction of sp³-hybridized carbons (Fsp3) is 0.267. The molecule has 2 heterocycles. The van der Waals surface area contributed by atoms with E-state index in [0.717, 1.165) is 18.4 Å². The van der Waals surface area contributed by atoms with Crippen LogP contribution in [-0.2, 0) is 11.2 Å². The Bertz CT molecular complexity index is 1750. The van der Waals surface area contributed by atoms with E-state index in [1.165, 1.54) is 26.5 Å². The SMILES string of the molecule is CCOC(=O)c1cn(C2CC2)c2cc(C=Cc3cc(Cc4cnc(N)nc4N)cc(OC)c3OC)c(F)cc2c1=O. The number of pyridine rings is 1. The molecule has 4 N–H and O–H groups in total. The highest BCUT2D eigenvalue weighted by atomic mass is 19.1. The number of nitrogen functional groups attached to an aromatic ring is 2. The number of nitrogens with zero attached hydrogens (tertiary/aromatic N) is 3. The molecule has 1 aliphatic rings. The molecule has 0 atom stereocenters. The number of esters is 1. The highest BCUT2D eigenvalue weighted by molar-refractivity contribution is 5.94. The first kappa shape index (κ1) is 27.6. The van der Waals surface area contributed by atoms with Gasteiger partial charge in [0.1, 0.15) is 17.2 Å². The van der Waals surface area contributed by atoms with E-state index in [-0.39, 0.29) is 40.9 Å². The van der Waals surface area contributed by atoms with Crippen molar-refractivity contribution in [2.45, 2.75) is 32.2 Å². The molecule has 2 aromatic heterocycles. The minimum atomic E-state index is -0.716. The number of benzene rings is 2. The Labute approximate surface area is 235 Å². The Hall–Kier alpha value is -4.93. The van der Waals surface area contributed by atoms with Gasteiger partial charge in [-0.25, -0.2) is 14.2 Å². The predicted octanol–water partition coefficient (Wildman–Crippen LogP) is 4.39. The van der Waals surface area contributed by atoms with E-state index in [4.69, 9.17) is 25.7 Å². The van der Waals surface area contributed by atoms with E-state index >= 15 is 4.39 Å². The summed E-state index contributed by atoms with van der Waals surface area (Å²) >= 11 is 0. The highest BCUT2D eigenvalue weighted by Gasteiger charge is 2.27. The van der Waals surface area contributed by atoms with Gasteiger partial charge in [0.15, 0.2) is 11.5 Å². The lowest BCUT2D eigenvalue weighted by atomic mass is 10.0. The molecular formula is C30H30FN5O5. The van der Waals surface area contributed by atoms with Crippen molar-refractivity contribution in [3.05, 3.63) is 80.5 Å². The van der Waals surface area contributed by atoms with Crippen molar-refractivity contribution >= 4 is 40.8 Å². The molecule has 1 aliphatic carbocycles. The Kier molecular flexibility index (Phi) is 7.60. The van der Waals surface area contributed by atoms with Crippen LogP contribution < -0.4 is 26.4 Å². The molecule has 0 bridgehead atoms. The Balaban J connectivity index is 1.57. The first-order valence-electron chi connectivity index (χ1n) is 13.1. The standard InChI is InChI=1S/C30H30FN5O5/c1-4-41-29(38)22-15-36(20-7-8-20)24-12-17(23(31)13-21(24)26(22)37)5-6-18-9-16(11-25(39-2)27(18)40-3)10-19-14-34-30(33)35-28(19)32/h5-6,9,11-15,20H,4,7-8,10H2,1-3H3,(H4,32,33,34,35). The number of carbonyl (C=O) groups is 1. The van der Waals surface area contributed by atoms with Crippen molar-refractivity contribution < 1.29 is 23.4 Å². The number of anilines is 2. The topological polar surface area (TPSA) is 145 Å². The average Bonchev–Trinajstić information content (AvgIpc) is 3.79. The number of halogens is 1. The molecule has 4 aromatic rings. The molecule has 11 heteroatoms. The summed E-state index contributed by atoms with van der Waals surface area (Å²) < 4.78 is 33.5. The van der Waals surface area contributed by atoms with Gasteiger partial charge in [0.25, 0.3) is 0 Å². The van der Waals surface area contributed by atoms with Crippen molar-refractivity contribution in [3.8, 4) is 11.5 Å². The third-order valence-corrected chi connectivity index (χ3v) is 6.91. The summed E-state index contributed by atoms with van der Waals surface area (Å²) in [5, 5.41) is 0.127. The number of nitrogens with two attached hydrogens (primary N) is 2. The van der Waals surface area contributed by atoms with Gasteiger partial charge in [0.05, 0.1) is 26.3 Å². The van der Waals surface area contributed by atoms with Gasteiger partial charge in [0, 0.05) is 46.9 Å². The minimum Gasteiger partial charge on any atom is -0.493 e. The van der Waals surface area contributed by atoms with Crippen molar-refractivity contribution in [2.75, 3.05) is 32.3 Å². The summed E-state index contributed by atoms with van der Waals surface area (Å²) in [7, 11) is 3.05. The van der Waals surface area contributed by atoms with Crippen molar-refractivity contribution in [2.24, 2.45) is 0 Å². The van der Waals surface area contributed by atoms with E-state index in [1.807, 2.05) is 16.7 Å². The number of methoxy groups -OCH3 is 2. The molecule has 10 nitrogen and oxygen atoms in total. The zero-order valence-corrected chi connectivity index (χ0v) is 22.9. The molecule has 0 saturated heterocycles. The van der Waals surface area contributed by atoms with E-state index in [2.05, 4.69) is 9.97 Å². The van der Waals surface area contributed by atoms with Crippen molar-refractivity contribution in [1.82, 2.24) is 14.5 Å². The number of ether oxygens (including phenoxy) is 3. The minimum absolute atomic E-state index is 0.0869. The number of rotatable bonds is 9. The van der Waals surface area contributed by atoms with Crippen LogP contribution in [-0.4, -0.2) is 41.3 Å². The van der Waals surface area contributed by atoms with Gasteiger partial charge in [-0.05, 0) is 49.6 Å². The second-order valence-corrected chi connectivity index (χ2v) is 9.69. The van der Waals surface area contributed by atoms with Gasteiger partial charge < -0.3 is 30.2 Å². The monoisotopic (exact) mass is 559 g/mol. The normalized spacial score (nSPS) is 13.1. The van der Waals surface area contributed by atoms with Gasteiger partial charge in [-0.2, -0.15) is 4.98 Å². The molecule has 1 saturated carbocycles. The summed E-state index contributed by atoms with van der Waals surface area (Å²) in [5.74, 6) is -0.0226. The lowest BCUT2D eigenvalue weighted by Gasteiger charge is -2.15. The lowest BCUT2D eigenvalue weighted by molar-refractivity contribution is 0.0524. The van der Waals surface area contributed by atoms with E-state index in [1.54, 1.807) is 31.3 Å². The molecule has 0 amide bonds. The van der Waals surface area contributed by atoms with Crippen molar-refractivity contribution in [1.29, 1.82) is 0 Å². The Morgan fingerprint density at radius 3 is 2.54 bits per heavy atom. The molecule has 1 fully saturated rings. The smallest absolute Gasteiger partial charge is 0.343 e. The highest BCUT2D eigenvalue weighted by Crippen LogP contribution is 2.38. The van der Waals surface area contributed by atoms with Crippen LogP contribution in [0.2, 0.25) is 0 Å². The van der Waals surface area contributed by atoms with E-state index in [9.17, 15) is 9.59 Å². The summed E-state index contributed by atoms with van der Waals surface area (Å²) in [4.78, 5) is 33.6. The third kappa shape index (κ3) is 5.56. The maximum absolute atomic E-state index is 15.4. The number of aromatic nitrogens is 3. The number of hydrogen-bond acceptors (Lipinski definition) is 9. The van der Waals surface area contributed by atoms with Crippen molar-refractivity contribution in [3.63, 3.8) is 0 Å². The first-order valence-corrected chi connectivity index (χ1v) is 13.1. The number of carbonyl (C=O) groups excluding carboxylic acids is 1. The van der Waals surface area contributed by atoms with Gasteiger partial charge in [-0.3, -0.25) is 4.79 Å². The maximum Gasteiger partial charge on any atom is 0.343 e. The zero-order chi connectivity index (χ0) is 29.3. The molecule has 0 unspecified atom stereocenters.